The van der Waals surface area contributed by atoms with Crippen LogP contribution in [-0.2, 0) is 18.3 Å². The van der Waals surface area contributed by atoms with Crippen LogP contribution in [0, 0.1) is 11.8 Å². The second-order valence-electron chi connectivity index (χ2n) is 6.38. The van der Waals surface area contributed by atoms with Crippen molar-refractivity contribution >= 4 is 16.7 Å². The van der Waals surface area contributed by atoms with Crippen molar-refractivity contribution in [3.63, 3.8) is 0 Å². The van der Waals surface area contributed by atoms with Crippen LogP contribution in [0.15, 0.2) is 24.3 Å². The van der Waals surface area contributed by atoms with Crippen LogP contribution in [0.4, 0.5) is 0 Å². The van der Waals surface area contributed by atoms with Crippen LogP contribution in [0.2, 0.25) is 0 Å². The molecule has 0 N–H and O–H groups in total. The summed E-state index contributed by atoms with van der Waals surface area (Å²) in [5.41, 5.74) is 2.24. The van der Waals surface area contributed by atoms with Gasteiger partial charge in [-0.1, -0.05) is 38.0 Å². The molecular weight excluding hydrogens is 260 g/mol. The van der Waals surface area contributed by atoms with E-state index >= 15 is 0 Å². The third-order valence-electron chi connectivity index (χ3n) is 4.84. The van der Waals surface area contributed by atoms with E-state index in [2.05, 4.69) is 30.2 Å². The van der Waals surface area contributed by atoms with Crippen LogP contribution in [0.25, 0.3) is 10.9 Å². The van der Waals surface area contributed by atoms with Crippen LogP contribution in [0.3, 0.4) is 0 Å². The summed E-state index contributed by atoms with van der Waals surface area (Å²) in [5, 5.41) is 5.85. The molecule has 2 unspecified atom stereocenters. The molecule has 1 heterocycles. The minimum atomic E-state index is 0.175. The fourth-order valence-electron chi connectivity index (χ4n) is 3.74. The van der Waals surface area contributed by atoms with Crippen molar-refractivity contribution in [2.24, 2.45) is 18.9 Å². The minimum Gasteiger partial charge on any atom is -0.299 e. The molecule has 0 saturated heterocycles. The summed E-state index contributed by atoms with van der Waals surface area (Å²) < 4.78 is 1.93. The minimum absolute atomic E-state index is 0.175. The third-order valence-corrected chi connectivity index (χ3v) is 4.84. The summed E-state index contributed by atoms with van der Waals surface area (Å²) in [4.78, 5) is 12.3. The van der Waals surface area contributed by atoms with Crippen molar-refractivity contribution < 1.29 is 4.79 Å². The highest BCUT2D eigenvalue weighted by atomic mass is 16.1. The Morgan fingerprint density at radius 1 is 1.33 bits per heavy atom. The summed E-state index contributed by atoms with van der Waals surface area (Å²) in [6.45, 7) is 2.23. The van der Waals surface area contributed by atoms with E-state index in [0.717, 1.165) is 42.8 Å². The maximum absolute atomic E-state index is 12.3. The van der Waals surface area contributed by atoms with E-state index in [-0.39, 0.29) is 5.92 Å². The van der Waals surface area contributed by atoms with E-state index in [0.29, 0.717) is 5.78 Å². The zero-order valence-electron chi connectivity index (χ0n) is 13.0. The van der Waals surface area contributed by atoms with E-state index in [1.165, 1.54) is 18.2 Å². The highest BCUT2D eigenvalue weighted by Gasteiger charge is 2.29. The van der Waals surface area contributed by atoms with Crippen LogP contribution < -0.4 is 0 Å². The van der Waals surface area contributed by atoms with Gasteiger partial charge in [0.2, 0.25) is 0 Å². The fourth-order valence-corrected chi connectivity index (χ4v) is 3.74. The van der Waals surface area contributed by atoms with Gasteiger partial charge in [0.1, 0.15) is 5.78 Å². The lowest BCUT2D eigenvalue weighted by atomic mass is 9.76. The number of fused-ring (bicyclic) bond motifs is 1. The third kappa shape index (κ3) is 2.87. The number of Topliss-reactive ketones (excluding diaryl/α,β-unsaturated/α-hetero) is 1. The number of carbonyl (C=O) groups is 1. The summed E-state index contributed by atoms with van der Waals surface area (Å²) in [5.74, 6) is 1.35. The van der Waals surface area contributed by atoms with Crippen molar-refractivity contribution in [2.75, 3.05) is 0 Å². The number of para-hydroxylation sites is 1. The van der Waals surface area contributed by atoms with Crippen molar-refractivity contribution in [1.29, 1.82) is 0 Å². The molecule has 1 aromatic carbocycles. The predicted molar refractivity (Wildman–Crippen MR) is 85.2 cm³/mol. The summed E-state index contributed by atoms with van der Waals surface area (Å²) in [7, 11) is 1.98. The Kier molecular flexibility index (Phi) is 4.09. The van der Waals surface area contributed by atoms with Gasteiger partial charge in [0.15, 0.2) is 0 Å². The van der Waals surface area contributed by atoms with Gasteiger partial charge in [0.25, 0.3) is 0 Å². The van der Waals surface area contributed by atoms with Gasteiger partial charge >= 0.3 is 0 Å². The summed E-state index contributed by atoms with van der Waals surface area (Å²) in [6.07, 6.45) is 6.19. The molecule has 1 fully saturated rings. The molecule has 1 saturated carbocycles. The molecule has 112 valence electrons. The van der Waals surface area contributed by atoms with Crippen molar-refractivity contribution in [2.45, 2.75) is 45.4 Å². The highest BCUT2D eigenvalue weighted by molar-refractivity contribution is 5.85. The van der Waals surface area contributed by atoms with Gasteiger partial charge < -0.3 is 0 Å². The van der Waals surface area contributed by atoms with Gasteiger partial charge in [-0.15, -0.1) is 0 Å². The van der Waals surface area contributed by atoms with Gasteiger partial charge in [0.05, 0.1) is 11.2 Å². The molecule has 0 spiro atoms. The monoisotopic (exact) mass is 284 g/mol. The average Bonchev–Trinajstić information content (AvgIpc) is 2.80. The SMILES string of the molecule is CCCC1CCC(=O)C(Cc2nn(C)c3ccccc23)C1. The number of carbonyl (C=O) groups excluding carboxylic acids is 1. The summed E-state index contributed by atoms with van der Waals surface area (Å²) in [6, 6.07) is 8.30. The number of benzene rings is 1. The zero-order valence-corrected chi connectivity index (χ0v) is 13.0. The fraction of sp³-hybridized carbons (Fsp3) is 0.556. The number of ketones is 1. The first-order valence-electron chi connectivity index (χ1n) is 8.12. The van der Waals surface area contributed by atoms with Crippen LogP contribution in [0.5, 0.6) is 0 Å². The van der Waals surface area contributed by atoms with E-state index < -0.39 is 0 Å². The van der Waals surface area contributed by atoms with Gasteiger partial charge in [-0.2, -0.15) is 5.10 Å². The Labute approximate surface area is 126 Å². The van der Waals surface area contributed by atoms with Crippen molar-refractivity contribution in [3.05, 3.63) is 30.0 Å². The summed E-state index contributed by atoms with van der Waals surface area (Å²) >= 11 is 0. The molecule has 0 bridgehead atoms. The molecule has 2 atom stereocenters. The first kappa shape index (κ1) is 14.3. The van der Waals surface area contributed by atoms with Crippen LogP contribution in [0.1, 0.15) is 44.7 Å². The molecule has 3 heteroatoms. The topological polar surface area (TPSA) is 34.9 Å². The zero-order chi connectivity index (χ0) is 14.8. The maximum atomic E-state index is 12.3. The number of hydrogen-bond donors (Lipinski definition) is 0. The van der Waals surface area contributed by atoms with Crippen LogP contribution >= 0.6 is 0 Å². The number of aryl methyl sites for hydroxylation is 1. The average molecular weight is 284 g/mol. The molecule has 0 aliphatic heterocycles. The molecule has 1 aliphatic rings. The molecule has 3 nitrogen and oxygen atoms in total. The lowest BCUT2D eigenvalue weighted by Gasteiger charge is -2.27. The normalized spacial score (nSPS) is 22.9. The molecule has 21 heavy (non-hydrogen) atoms. The second kappa shape index (κ2) is 6.00. The Morgan fingerprint density at radius 3 is 2.95 bits per heavy atom. The predicted octanol–water partition coefficient (Wildman–Crippen LogP) is 3.90. The largest absolute Gasteiger partial charge is 0.299 e. The molecule has 0 radical (unpaired) electrons. The standard InChI is InChI=1S/C18H24N2O/c1-3-6-13-9-10-18(21)14(11-13)12-16-15-7-4-5-8-17(15)20(2)19-16/h4-5,7-8,13-14H,3,6,9-12H2,1-2H3. The molecule has 1 aliphatic carbocycles. The van der Waals surface area contributed by atoms with Crippen molar-refractivity contribution in [1.82, 2.24) is 9.78 Å². The van der Waals surface area contributed by atoms with E-state index in [1.54, 1.807) is 0 Å². The molecule has 2 aromatic rings. The number of hydrogen-bond acceptors (Lipinski definition) is 2. The Morgan fingerprint density at radius 2 is 2.14 bits per heavy atom. The van der Waals surface area contributed by atoms with Gasteiger partial charge in [-0.3, -0.25) is 9.48 Å². The van der Waals surface area contributed by atoms with Gasteiger partial charge in [-0.05, 0) is 24.8 Å². The number of nitrogens with zero attached hydrogens (tertiary/aromatic N) is 2. The smallest absolute Gasteiger partial charge is 0.136 e. The first-order chi connectivity index (χ1) is 10.2. The number of aromatic nitrogens is 2. The molecule has 1 aromatic heterocycles. The van der Waals surface area contributed by atoms with E-state index in [4.69, 9.17) is 0 Å². The van der Waals surface area contributed by atoms with Crippen molar-refractivity contribution in [3.8, 4) is 0 Å². The van der Waals surface area contributed by atoms with Crippen LogP contribution in [-0.4, -0.2) is 15.6 Å². The maximum Gasteiger partial charge on any atom is 0.136 e. The van der Waals surface area contributed by atoms with Gasteiger partial charge in [0, 0.05) is 31.2 Å². The number of rotatable bonds is 4. The highest BCUT2D eigenvalue weighted by Crippen LogP contribution is 2.32. The Hall–Kier alpha value is -1.64. The first-order valence-corrected chi connectivity index (χ1v) is 8.12. The second-order valence-corrected chi connectivity index (χ2v) is 6.38. The lowest BCUT2D eigenvalue weighted by molar-refractivity contribution is -0.125. The Bertz CT molecular complexity index is 644. The quantitative estimate of drug-likeness (QED) is 0.853. The molecule has 0 amide bonds. The van der Waals surface area contributed by atoms with Gasteiger partial charge in [-0.25, -0.2) is 0 Å². The molecule has 3 rings (SSSR count). The van der Waals surface area contributed by atoms with E-state index in [1.807, 2.05) is 17.8 Å². The lowest BCUT2D eigenvalue weighted by Crippen LogP contribution is -2.26. The molecular formula is C18H24N2O. The van der Waals surface area contributed by atoms with E-state index in [9.17, 15) is 4.79 Å². The Balaban J connectivity index is 1.82.